The summed E-state index contributed by atoms with van der Waals surface area (Å²) in [6.07, 6.45) is 0.0301. The second kappa shape index (κ2) is 5.73. The van der Waals surface area contributed by atoms with Crippen LogP contribution in [0, 0.1) is 5.92 Å². The highest BCUT2D eigenvalue weighted by Gasteiger charge is 2.14. The van der Waals surface area contributed by atoms with Crippen LogP contribution in [-0.4, -0.2) is 12.6 Å². The molecule has 0 heterocycles. The predicted molar refractivity (Wildman–Crippen MR) is 67.5 cm³/mol. The van der Waals surface area contributed by atoms with E-state index in [-0.39, 0.29) is 6.10 Å². The molecule has 1 aromatic carbocycles. The SMILES string of the molecule is CC(C)C(CN)Oc1ccc(Cl)cc1Br. The molecule has 0 fully saturated rings. The first-order valence-electron chi connectivity index (χ1n) is 4.86. The van der Waals surface area contributed by atoms with Crippen molar-refractivity contribution < 1.29 is 4.74 Å². The lowest BCUT2D eigenvalue weighted by Crippen LogP contribution is -2.31. The molecule has 2 N–H and O–H groups in total. The minimum Gasteiger partial charge on any atom is -0.488 e. The van der Waals surface area contributed by atoms with Gasteiger partial charge in [-0.15, -0.1) is 0 Å². The summed E-state index contributed by atoms with van der Waals surface area (Å²) in [4.78, 5) is 0. The fourth-order valence-corrected chi connectivity index (χ4v) is 1.97. The van der Waals surface area contributed by atoms with Crippen molar-refractivity contribution in [1.29, 1.82) is 0 Å². The molecule has 1 atom stereocenters. The Morgan fingerprint density at radius 1 is 1.47 bits per heavy atom. The number of benzene rings is 1. The first kappa shape index (κ1) is 12.8. The molecular formula is C11H15BrClNO. The molecule has 4 heteroatoms. The van der Waals surface area contributed by atoms with Gasteiger partial charge in [0.1, 0.15) is 11.9 Å². The van der Waals surface area contributed by atoms with E-state index >= 15 is 0 Å². The zero-order chi connectivity index (χ0) is 11.4. The summed E-state index contributed by atoms with van der Waals surface area (Å²) in [6, 6.07) is 5.46. The van der Waals surface area contributed by atoms with Crippen LogP contribution in [0.15, 0.2) is 22.7 Å². The molecule has 0 amide bonds. The molecule has 0 spiro atoms. The summed E-state index contributed by atoms with van der Waals surface area (Å²) in [5.74, 6) is 1.17. The van der Waals surface area contributed by atoms with Gasteiger partial charge in [-0.2, -0.15) is 0 Å². The number of nitrogens with two attached hydrogens (primary N) is 1. The van der Waals surface area contributed by atoms with Crippen molar-refractivity contribution in [2.45, 2.75) is 20.0 Å². The van der Waals surface area contributed by atoms with Crippen molar-refractivity contribution in [3.63, 3.8) is 0 Å². The Hall–Kier alpha value is -0.250. The second-order valence-corrected chi connectivity index (χ2v) is 5.00. The zero-order valence-corrected chi connectivity index (χ0v) is 11.2. The van der Waals surface area contributed by atoms with Crippen molar-refractivity contribution in [2.24, 2.45) is 11.7 Å². The molecule has 0 aliphatic heterocycles. The predicted octanol–water partition coefficient (Wildman–Crippen LogP) is 3.46. The molecule has 84 valence electrons. The van der Waals surface area contributed by atoms with Gasteiger partial charge in [-0.25, -0.2) is 0 Å². The Morgan fingerprint density at radius 2 is 2.13 bits per heavy atom. The third-order valence-corrected chi connectivity index (χ3v) is 3.00. The van der Waals surface area contributed by atoms with Crippen molar-refractivity contribution >= 4 is 27.5 Å². The average molecular weight is 293 g/mol. The van der Waals surface area contributed by atoms with Gasteiger partial charge in [0.15, 0.2) is 0 Å². The van der Waals surface area contributed by atoms with E-state index in [0.29, 0.717) is 17.5 Å². The molecule has 1 rings (SSSR count). The maximum Gasteiger partial charge on any atom is 0.134 e. The molecule has 0 aliphatic rings. The number of halogens is 2. The summed E-state index contributed by atoms with van der Waals surface area (Å²) >= 11 is 9.24. The Balaban J connectivity index is 2.79. The summed E-state index contributed by atoms with van der Waals surface area (Å²) in [6.45, 7) is 4.68. The highest BCUT2D eigenvalue weighted by atomic mass is 79.9. The first-order valence-corrected chi connectivity index (χ1v) is 6.03. The quantitative estimate of drug-likeness (QED) is 0.922. The third-order valence-electron chi connectivity index (χ3n) is 2.15. The minimum absolute atomic E-state index is 0.0301. The van der Waals surface area contributed by atoms with Gasteiger partial charge in [0.2, 0.25) is 0 Å². The number of hydrogen-bond acceptors (Lipinski definition) is 2. The Labute approximate surface area is 104 Å². The van der Waals surface area contributed by atoms with Crippen molar-refractivity contribution in [3.05, 3.63) is 27.7 Å². The van der Waals surface area contributed by atoms with E-state index in [0.717, 1.165) is 10.2 Å². The maximum atomic E-state index is 5.84. The molecule has 1 aromatic rings. The minimum atomic E-state index is 0.0301. The van der Waals surface area contributed by atoms with E-state index in [1.807, 2.05) is 12.1 Å². The standard InChI is InChI=1S/C11H15BrClNO/c1-7(2)11(6-14)15-10-4-3-8(13)5-9(10)12/h3-5,7,11H,6,14H2,1-2H3. The van der Waals surface area contributed by atoms with Crippen LogP contribution in [0.3, 0.4) is 0 Å². The smallest absolute Gasteiger partial charge is 0.134 e. The van der Waals surface area contributed by atoms with Gasteiger partial charge in [-0.3, -0.25) is 0 Å². The lowest BCUT2D eigenvalue weighted by molar-refractivity contribution is 0.158. The molecule has 0 radical (unpaired) electrons. The summed E-state index contributed by atoms with van der Waals surface area (Å²) in [7, 11) is 0. The largest absolute Gasteiger partial charge is 0.488 e. The number of rotatable bonds is 4. The van der Waals surface area contributed by atoms with E-state index in [2.05, 4.69) is 29.8 Å². The maximum absolute atomic E-state index is 5.84. The van der Waals surface area contributed by atoms with Crippen molar-refractivity contribution in [1.82, 2.24) is 0 Å². The fraction of sp³-hybridized carbons (Fsp3) is 0.455. The Kier molecular flexibility index (Phi) is 4.90. The molecule has 2 nitrogen and oxygen atoms in total. The molecule has 0 bridgehead atoms. The normalized spacial score (nSPS) is 12.9. The Morgan fingerprint density at radius 3 is 2.60 bits per heavy atom. The van der Waals surface area contributed by atoms with E-state index in [1.165, 1.54) is 0 Å². The molecular weight excluding hydrogens is 277 g/mol. The average Bonchev–Trinajstić information content (AvgIpc) is 2.16. The number of ether oxygens (including phenoxy) is 1. The van der Waals surface area contributed by atoms with Crippen LogP contribution >= 0.6 is 27.5 Å². The van der Waals surface area contributed by atoms with Crippen LogP contribution in [0.4, 0.5) is 0 Å². The Bertz CT molecular complexity index is 330. The van der Waals surface area contributed by atoms with Gasteiger partial charge in [0.05, 0.1) is 4.47 Å². The van der Waals surface area contributed by atoms with Gasteiger partial charge in [0.25, 0.3) is 0 Å². The first-order chi connectivity index (χ1) is 7.04. The van der Waals surface area contributed by atoms with Gasteiger partial charge >= 0.3 is 0 Å². The van der Waals surface area contributed by atoms with Crippen molar-refractivity contribution in [2.75, 3.05) is 6.54 Å². The lowest BCUT2D eigenvalue weighted by atomic mass is 10.1. The summed E-state index contributed by atoms with van der Waals surface area (Å²) in [5, 5.41) is 0.683. The molecule has 0 aliphatic carbocycles. The zero-order valence-electron chi connectivity index (χ0n) is 8.84. The molecule has 0 aromatic heterocycles. The monoisotopic (exact) mass is 291 g/mol. The van der Waals surface area contributed by atoms with Gasteiger partial charge in [-0.1, -0.05) is 25.4 Å². The topological polar surface area (TPSA) is 35.2 Å². The molecule has 0 saturated heterocycles. The van der Waals surface area contributed by atoms with Crippen LogP contribution in [0.1, 0.15) is 13.8 Å². The van der Waals surface area contributed by atoms with Crippen LogP contribution in [0.25, 0.3) is 0 Å². The van der Waals surface area contributed by atoms with Crippen LogP contribution in [0.5, 0.6) is 5.75 Å². The van der Waals surface area contributed by atoms with Gasteiger partial charge in [-0.05, 0) is 40.0 Å². The molecule has 0 saturated carbocycles. The number of hydrogen-bond donors (Lipinski definition) is 1. The summed E-state index contributed by atoms with van der Waals surface area (Å²) in [5.41, 5.74) is 5.64. The molecule has 1 unspecified atom stereocenters. The van der Waals surface area contributed by atoms with Crippen LogP contribution in [-0.2, 0) is 0 Å². The van der Waals surface area contributed by atoms with Gasteiger partial charge < -0.3 is 10.5 Å². The fourth-order valence-electron chi connectivity index (χ4n) is 1.19. The third kappa shape index (κ3) is 3.67. The van der Waals surface area contributed by atoms with E-state index in [4.69, 9.17) is 22.1 Å². The molecule has 15 heavy (non-hydrogen) atoms. The highest BCUT2D eigenvalue weighted by molar-refractivity contribution is 9.10. The summed E-state index contributed by atoms with van der Waals surface area (Å²) < 4.78 is 6.64. The van der Waals surface area contributed by atoms with Gasteiger partial charge in [0, 0.05) is 11.6 Å². The van der Waals surface area contributed by atoms with E-state index in [9.17, 15) is 0 Å². The van der Waals surface area contributed by atoms with E-state index in [1.54, 1.807) is 6.07 Å². The van der Waals surface area contributed by atoms with E-state index < -0.39 is 0 Å². The second-order valence-electron chi connectivity index (χ2n) is 3.71. The lowest BCUT2D eigenvalue weighted by Gasteiger charge is -2.21. The van der Waals surface area contributed by atoms with Crippen molar-refractivity contribution in [3.8, 4) is 5.75 Å². The van der Waals surface area contributed by atoms with Crippen LogP contribution < -0.4 is 10.5 Å². The van der Waals surface area contributed by atoms with Crippen LogP contribution in [0.2, 0.25) is 5.02 Å². The highest BCUT2D eigenvalue weighted by Crippen LogP contribution is 2.29.